The molecule has 12 heteroatoms. The highest BCUT2D eigenvalue weighted by molar-refractivity contribution is 5.71. The van der Waals surface area contributed by atoms with Gasteiger partial charge < -0.3 is 28.4 Å². The first-order valence-electron chi connectivity index (χ1n) is 32.0. The van der Waals surface area contributed by atoms with E-state index in [1.165, 1.54) is 0 Å². The summed E-state index contributed by atoms with van der Waals surface area (Å²) in [5.41, 5.74) is 8.38. The van der Waals surface area contributed by atoms with Crippen molar-refractivity contribution < 1.29 is 42.8 Å². The van der Waals surface area contributed by atoms with Crippen molar-refractivity contribution in [2.75, 3.05) is 33.0 Å². The minimum Gasteiger partial charge on any atom is -0.494 e. The lowest BCUT2D eigenvalue weighted by molar-refractivity contribution is -0.167. The molecule has 0 saturated heterocycles. The third kappa shape index (κ3) is 28.1. The maximum atomic E-state index is 13.0. The summed E-state index contributed by atoms with van der Waals surface area (Å²) in [5, 5.41) is 27.2. The summed E-state index contributed by atoms with van der Waals surface area (Å²) in [4.78, 5) is 38.7. The molecular formula is C75H89N3O9. The average Bonchev–Trinajstić information content (AvgIpc) is 3.57. The molecule has 6 aromatic rings. The molecule has 0 N–H and O–H groups in total. The van der Waals surface area contributed by atoms with Gasteiger partial charge in [-0.25, -0.2) is 0 Å². The van der Waals surface area contributed by atoms with E-state index in [0.717, 1.165) is 198 Å². The Labute approximate surface area is 517 Å². The van der Waals surface area contributed by atoms with Crippen molar-refractivity contribution in [2.24, 2.45) is 0 Å². The molecule has 0 aromatic heterocycles. The molecule has 12 nitrogen and oxygen atoms in total. The van der Waals surface area contributed by atoms with Gasteiger partial charge in [0.1, 0.15) is 30.5 Å². The molecular weight excluding hydrogens is 1090 g/mol. The molecule has 6 rings (SSSR count). The van der Waals surface area contributed by atoms with E-state index in [-0.39, 0.29) is 50.4 Å². The molecule has 0 aliphatic heterocycles. The van der Waals surface area contributed by atoms with Crippen molar-refractivity contribution >= 4 is 17.9 Å². The topological polar surface area (TPSA) is 178 Å². The average molecular weight is 1180 g/mol. The third-order valence-electron chi connectivity index (χ3n) is 15.4. The molecule has 0 heterocycles. The summed E-state index contributed by atoms with van der Waals surface area (Å²) < 4.78 is 34.8. The molecule has 87 heavy (non-hydrogen) atoms. The van der Waals surface area contributed by atoms with Crippen LogP contribution in [0.1, 0.15) is 190 Å². The monoisotopic (exact) mass is 1180 g/mol. The van der Waals surface area contributed by atoms with Gasteiger partial charge in [-0.2, -0.15) is 15.8 Å². The lowest BCUT2D eigenvalue weighted by Crippen LogP contribution is -2.30. The van der Waals surface area contributed by atoms with Crippen LogP contribution in [0.3, 0.4) is 0 Å². The molecule has 0 spiro atoms. The second-order valence-corrected chi connectivity index (χ2v) is 22.4. The van der Waals surface area contributed by atoms with E-state index >= 15 is 0 Å². The number of carbonyl (C=O) groups excluding carboxylic acids is 3. The number of esters is 3. The highest BCUT2D eigenvalue weighted by Gasteiger charge is 2.20. The second-order valence-electron chi connectivity index (χ2n) is 22.4. The maximum Gasteiger partial charge on any atom is 0.306 e. The fraction of sp³-hybridized carbons (Fsp3) is 0.440. The van der Waals surface area contributed by atoms with Crippen LogP contribution in [0.4, 0.5) is 0 Å². The minimum atomic E-state index is -0.861. The van der Waals surface area contributed by atoms with Gasteiger partial charge in [-0.15, -0.1) is 0 Å². The molecule has 0 fully saturated rings. The number of nitrogens with zero attached hydrogens (tertiary/aromatic N) is 3. The maximum absolute atomic E-state index is 13.0. The van der Waals surface area contributed by atoms with Crippen LogP contribution in [0.5, 0.6) is 17.2 Å². The molecule has 0 aliphatic carbocycles. The SMILES string of the molecule is N#Cc1ccc(-c2ccc(OCCCCCCCCCCC(=O)OCC(COC(=O)CCCCCCCCCCOc3ccc(-c4ccc(C#N)cc4)cc3)OC(=O)CCCCCCCCCCOc3ccc(-c4ccc(C#N)cc4)cc3)cc2)cc1. The quantitative estimate of drug-likeness (QED) is 0.0201. The van der Waals surface area contributed by atoms with Crippen LogP contribution in [0.15, 0.2) is 146 Å². The number of hydrogen-bond acceptors (Lipinski definition) is 12. The summed E-state index contributed by atoms with van der Waals surface area (Å²) in [6.07, 6.45) is 24.3. The van der Waals surface area contributed by atoms with Gasteiger partial charge in [-0.05, 0) is 145 Å². The smallest absolute Gasteiger partial charge is 0.306 e. The van der Waals surface area contributed by atoms with Crippen molar-refractivity contribution in [3.05, 3.63) is 162 Å². The fourth-order valence-corrected chi connectivity index (χ4v) is 10.2. The highest BCUT2D eigenvalue weighted by atomic mass is 16.6. The van der Waals surface area contributed by atoms with Gasteiger partial charge in [-0.3, -0.25) is 14.4 Å². The zero-order valence-corrected chi connectivity index (χ0v) is 51.1. The lowest BCUT2D eigenvalue weighted by atomic mass is 10.0. The van der Waals surface area contributed by atoms with Crippen LogP contribution in [-0.4, -0.2) is 57.0 Å². The first-order chi connectivity index (χ1) is 42.8. The number of hydrogen-bond donors (Lipinski definition) is 0. The molecule has 6 aromatic carbocycles. The van der Waals surface area contributed by atoms with Gasteiger partial charge in [0.05, 0.1) is 54.7 Å². The number of unbranched alkanes of at least 4 members (excludes halogenated alkanes) is 21. The van der Waals surface area contributed by atoms with Gasteiger partial charge in [0.15, 0.2) is 6.10 Å². The lowest BCUT2D eigenvalue weighted by Gasteiger charge is -2.18. The van der Waals surface area contributed by atoms with Crippen LogP contribution in [-0.2, 0) is 28.6 Å². The number of rotatable bonds is 44. The van der Waals surface area contributed by atoms with Crippen LogP contribution in [0, 0.1) is 34.0 Å². The van der Waals surface area contributed by atoms with E-state index < -0.39 is 6.10 Å². The molecule has 0 saturated carbocycles. The predicted molar refractivity (Wildman–Crippen MR) is 343 cm³/mol. The molecule has 0 atom stereocenters. The molecule has 458 valence electrons. The number of carbonyl (C=O) groups is 3. The standard InChI is InChI=1S/C75H89N3O9/c76-55-60-28-34-63(35-29-60)66-40-46-69(47-41-66)82-52-22-16-10-4-1-7-13-19-25-73(79)85-58-72(87-75(81)27-21-15-9-3-6-12-18-24-54-84-71-50-44-68(45-51-71)65-38-32-62(57-78)33-39-65)59-86-74(80)26-20-14-8-2-5-11-17-23-53-83-70-48-42-67(43-49-70)64-36-30-61(56-77)31-37-64/h28-51,72H,1-27,52-54,58-59H2. The van der Waals surface area contributed by atoms with E-state index in [4.69, 9.17) is 44.2 Å². The largest absolute Gasteiger partial charge is 0.494 e. The molecule has 0 radical (unpaired) electrons. The Morgan fingerprint density at radius 2 is 0.506 bits per heavy atom. The second kappa shape index (κ2) is 41.6. The van der Waals surface area contributed by atoms with Gasteiger partial charge in [0, 0.05) is 19.3 Å². The van der Waals surface area contributed by atoms with Crippen molar-refractivity contribution in [3.8, 4) is 68.8 Å². The Kier molecular flexibility index (Phi) is 32.4. The van der Waals surface area contributed by atoms with E-state index in [2.05, 4.69) is 18.2 Å². The molecule has 0 amide bonds. The summed E-state index contributed by atoms with van der Waals surface area (Å²) >= 11 is 0. The number of ether oxygens (including phenoxy) is 6. The van der Waals surface area contributed by atoms with Gasteiger partial charge >= 0.3 is 17.9 Å². The first kappa shape index (κ1) is 67.7. The van der Waals surface area contributed by atoms with Crippen LogP contribution >= 0.6 is 0 Å². The van der Waals surface area contributed by atoms with E-state index in [0.29, 0.717) is 42.9 Å². The Hall–Kier alpha value is -8.40. The number of benzene rings is 6. The molecule has 0 aliphatic rings. The van der Waals surface area contributed by atoms with Crippen LogP contribution in [0.25, 0.3) is 33.4 Å². The normalized spacial score (nSPS) is 10.8. The first-order valence-corrected chi connectivity index (χ1v) is 32.0. The van der Waals surface area contributed by atoms with Crippen molar-refractivity contribution in [3.63, 3.8) is 0 Å². The van der Waals surface area contributed by atoms with Crippen LogP contribution in [0.2, 0.25) is 0 Å². The molecule has 0 bridgehead atoms. The summed E-state index contributed by atoms with van der Waals surface area (Å²) in [7, 11) is 0. The van der Waals surface area contributed by atoms with Gasteiger partial charge in [0.25, 0.3) is 0 Å². The third-order valence-corrected chi connectivity index (χ3v) is 15.4. The zero-order chi connectivity index (χ0) is 61.2. The Morgan fingerprint density at radius 1 is 0.287 bits per heavy atom. The van der Waals surface area contributed by atoms with E-state index in [9.17, 15) is 14.4 Å². The predicted octanol–water partition coefficient (Wildman–Crippen LogP) is 18.4. The minimum absolute atomic E-state index is 0.150. The number of nitriles is 3. The Balaban J connectivity index is 0.783. The van der Waals surface area contributed by atoms with Gasteiger partial charge in [0.2, 0.25) is 0 Å². The summed E-state index contributed by atoms with van der Waals surface area (Å²) in [6, 6.07) is 53.3. The van der Waals surface area contributed by atoms with E-state index in [1.54, 1.807) is 0 Å². The molecule has 0 unspecified atom stereocenters. The van der Waals surface area contributed by atoms with Crippen molar-refractivity contribution in [1.82, 2.24) is 0 Å². The van der Waals surface area contributed by atoms with Gasteiger partial charge in [-0.1, -0.05) is 188 Å². The Bertz CT molecular complexity index is 2870. The van der Waals surface area contributed by atoms with Crippen molar-refractivity contribution in [1.29, 1.82) is 15.8 Å². The van der Waals surface area contributed by atoms with Crippen molar-refractivity contribution in [2.45, 2.75) is 179 Å². The summed E-state index contributed by atoms with van der Waals surface area (Å²) in [6.45, 7) is 1.71. The Morgan fingerprint density at radius 3 is 0.759 bits per heavy atom. The van der Waals surface area contributed by atoms with E-state index in [1.807, 2.05) is 146 Å². The van der Waals surface area contributed by atoms with Crippen LogP contribution < -0.4 is 14.2 Å². The summed E-state index contributed by atoms with van der Waals surface area (Å²) in [5.74, 6) is 1.48. The highest BCUT2D eigenvalue weighted by Crippen LogP contribution is 2.27. The zero-order valence-electron chi connectivity index (χ0n) is 51.1. The fourth-order valence-electron chi connectivity index (χ4n) is 10.2.